The van der Waals surface area contributed by atoms with Gasteiger partial charge in [-0.3, -0.25) is 9.78 Å². The summed E-state index contributed by atoms with van der Waals surface area (Å²) in [5.41, 5.74) is 3.07. The van der Waals surface area contributed by atoms with Gasteiger partial charge in [0.25, 0.3) is 5.91 Å². The SMILES string of the molecule is Cc1cc(C(=O)N2CCC3(CC2)C[C@](C)(O)[C@@H](O)CO3)c2ccc(C)c(C)c2n1. The molecule has 1 aromatic carbocycles. The number of rotatable bonds is 1. The van der Waals surface area contributed by atoms with Crippen LogP contribution in [0.1, 0.15) is 53.4 Å². The highest BCUT2D eigenvalue weighted by molar-refractivity contribution is 6.07. The molecule has 156 valence electrons. The number of pyridine rings is 1. The molecule has 0 saturated carbocycles. The Labute approximate surface area is 171 Å². The van der Waals surface area contributed by atoms with Crippen LogP contribution in [0.2, 0.25) is 0 Å². The van der Waals surface area contributed by atoms with Gasteiger partial charge in [0.1, 0.15) is 6.10 Å². The number of aromatic nitrogens is 1. The second kappa shape index (κ2) is 7.04. The number of amides is 1. The Hall–Kier alpha value is -2.02. The van der Waals surface area contributed by atoms with Crippen molar-refractivity contribution in [2.45, 2.75) is 64.3 Å². The van der Waals surface area contributed by atoms with E-state index in [-0.39, 0.29) is 12.5 Å². The number of carbonyl (C=O) groups excluding carboxylic acids is 1. The lowest BCUT2D eigenvalue weighted by Gasteiger charge is -2.49. The van der Waals surface area contributed by atoms with Crippen molar-refractivity contribution in [2.24, 2.45) is 0 Å². The third kappa shape index (κ3) is 3.54. The van der Waals surface area contributed by atoms with Crippen molar-refractivity contribution in [2.75, 3.05) is 19.7 Å². The van der Waals surface area contributed by atoms with E-state index in [1.165, 1.54) is 0 Å². The van der Waals surface area contributed by atoms with E-state index in [9.17, 15) is 15.0 Å². The Morgan fingerprint density at radius 3 is 2.59 bits per heavy atom. The summed E-state index contributed by atoms with van der Waals surface area (Å²) in [7, 11) is 0. The van der Waals surface area contributed by atoms with E-state index >= 15 is 0 Å². The van der Waals surface area contributed by atoms with Gasteiger partial charge in [-0.1, -0.05) is 12.1 Å². The minimum absolute atomic E-state index is 0.0150. The summed E-state index contributed by atoms with van der Waals surface area (Å²) in [6.07, 6.45) is 0.827. The molecular weight excluding hydrogens is 368 g/mol. The number of benzene rings is 1. The predicted molar refractivity (Wildman–Crippen MR) is 111 cm³/mol. The number of nitrogens with zero attached hydrogens (tertiary/aromatic N) is 2. The fourth-order valence-electron chi connectivity index (χ4n) is 4.70. The molecule has 2 saturated heterocycles. The Morgan fingerprint density at radius 1 is 1.24 bits per heavy atom. The number of likely N-dealkylation sites (tertiary alicyclic amines) is 1. The topological polar surface area (TPSA) is 82.9 Å². The van der Waals surface area contributed by atoms with Crippen LogP contribution >= 0.6 is 0 Å². The molecule has 2 atom stereocenters. The molecule has 6 nitrogen and oxygen atoms in total. The predicted octanol–water partition coefficient (Wildman–Crippen LogP) is 2.67. The summed E-state index contributed by atoms with van der Waals surface area (Å²) >= 11 is 0. The zero-order valence-electron chi connectivity index (χ0n) is 17.7. The minimum Gasteiger partial charge on any atom is -0.388 e. The van der Waals surface area contributed by atoms with Gasteiger partial charge >= 0.3 is 0 Å². The number of aliphatic hydroxyl groups excluding tert-OH is 1. The van der Waals surface area contributed by atoms with Crippen LogP contribution in [0.3, 0.4) is 0 Å². The Balaban J connectivity index is 1.57. The molecule has 2 N–H and O–H groups in total. The number of hydrogen-bond acceptors (Lipinski definition) is 5. The zero-order valence-corrected chi connectivity index (χ0v) is 17.7. The molecule has 3 heterocycles. The summed E-state index contributed by atoms with van der Waals surface area (Å²) < 4.78 is 5.95. The summed E-state index contributed by atoms with van der Waals surface area (Å²) in [4.78, 5) is 19.9. The van der Waals surface area contributed by atoms with Gasteiger partial charge in [-0.05, 0) is 57.7 Å². The van der Waals surface area contributed by atoms with Crippen molar-refractivity contribution in [3.8, 4) is 0 Å². The lowest BCUT2D eigenvalue weighted by atomic mass is 9.76. The molecule has 29 heavy (non-hydrogen) atoms. The van der Waals surface area contributed by atoms with Gasteiger partial charge in [0.2, 0.25) is 0 Å². The molecular formula is C23H30N2O4. The van der Waals surface area contributed by atoms with Gasteiger partial charge in [-0.2, -0.15) is 0 Å². The fourth-order valence-corrected chi connectivity index (χ4v) is 4.70. The molecule has 2 aromatic rings. The second-order valence-electron chi connectivity index (χ2n) is 9.05. The maximum Gasteiger partial charge on any atom is 0.254 e. The Kier molecular flexibility index (Phi) is 4.92. The monoisotopic (exact) mass is 398 g/mol. The zero-order chi connectivity index (χ0) is 21.0. The second-order valence-corrected chi connectivity index (χ2v) is 9.05. The first-order valence-corrected chi connectivity index (χ1v) is 10.3. The van der Waals surface area contributed by atoms with Gasteiger partial charge in [0.05, 0.1) is 28.9 Å². The maximum absolute atomic E-state index is 13.4. The Bertz CT molecular complexity index is 961. The van der Waals surface area contributed by atoms with Crippen molar-refractivity contribution in [3.05, 3.63) is 40.6 Å². The largest absolute Gasteiger partial charge is 0.388 e. The van der Waals surface area contributed by atoms with Gasteiger partial charge < -0.3 is 19.8 Å². The molecule has 4 rings (SSSR count). The number of fused-ring (bicyclic) bond motifs is 1. The van der Waals surface area contributed by atoms with E-state index in [0.29, 0.717) is 37.9 Å². The van der Waals surface area contributed by atoms with Crippen molar-refractivity contribution in [1.29, 1.82) is 0 Å². The van der Waals surface area contributed by atoms with Crippen LogP contribution in [0, 0.1) is 20.8 Å². The number of piperidine rings is 1. The van der Waals surface area contributed by atoms with Crippen molar-refractivity contribution >= 4 is 16.8 Å². The maximum atomic E-state index is 13.4. The molecule has 2 aliphatic heterocycles. The highest BCUT2D eigenvalue weighted by Crippen LogP contribution is 2.40. The lowest BCUT2D eigenvalue weighted by molar-refractivity contribution is -0.221. The van der Waals surface area contributed by atoms with E-state index in [4.69, 9.17) is 4.74 Å². The third-order valence-corrected chi connectivity index (χ3v) is 6.77. The van der Waals surface area contributed by atoms with E-state index < -0.39 is 17.3 Å². The standard InChI is InChI=1S/C23H30N2O4/c1-14-5-6-17-18(11-15(2)24-20(17)16(14)3)21(27)25-9-7-23(8-10-25)13-22(4,28)19(26)12-29-23/h5-6,11,19,26,28H,7-10,12-13H2,1-4H3/t19-,22-/m0/s1. The number of ether oxygens (including phenoxy) is 1. The molecule has 0 bridgehead atoms. The molecule has 1 amide bonds. The number of aliphatic hydroxyl groups is 2. The van der Waals surface area contributed by atoms with Crippen LogP contribution in [0.4, 0.5) is 0 Å². The Morgan fingerprint density at radius 2 is 1.93 bits per heavy atom. The van der Waals surface area contributed by atoms with Crippen LogP contribution in [0.5, 0.6) is 0 Å². The van der Waals surface area contributed by atoms with Gasteiger partial charge in [0.15, 0.2) is 0 Å². The van der Waals surface area contributed by atoms with Gasteiger partial charge in [0, 0.05) is 30.6 Å². The number of aryl methyl sites for hydroxylation is 3. The number of hydrogen-bond donors (Lipinski definition) is 2. The van der Waals surface area contributed by atoms with E-state index in [0.717, 1.165) is 27.7 Å². The first kappa shape index (κ1) is 20.3. The summed E-state index contributed by atoms with van der Waals surface area (Å²) in [5, 5.41) is 21.3. The average Bonchev–Trinajstić information content (AvgIpc) is 2.67. The van der Waals surface area contributed by atoms with Crippen LogP contribution in [0.25, 0.3) is 10.9 Å². The van der Waals surface area contributed by atoms with E-state index in [1.54, 1.807) is 6.92 Å². The minimum atomic E-state index is -1.15. The lowest BCUT2D eigenvalue weighted by Crippen LogP contribution is -2.59. The highest BCUT2D eigenvalue weighted by atomic mass is 16.5. The summed E-state index contributed by atoms with van der Waals surface area (Å²) in [5.74, 6) is 0.0150. The van der Waals surface area contributed by atoms with Crippen LogP contribution in [-0.4, -0.2) is 63.0 Å². The van der Waals surface area contributed by atoms with Crippen molar-refractivity contribution < 1.29 is 19.7 Å². The van der Waals surface area contributed by atoms with Crippen molar-refractivity contribution in [3.63, 3.8) is 0 Å². The molecule has 1 aromatic heterocycles. The van der Waals surface area contributed by atoms with E-state index in [2.05, 4.69) is 11.9 Å². The van der Waals surface area contributed by atoms with Crippen molar-refractivity contribution in [1.82, 2.24) is 9.88 Å². The van der Waals surface area contributed by atoms with Crippen LogP contribution < -0.4 is 0 Å². The van der Waals surface area contributed by atoms with E-state index in [1.807, 2.05) is 36.9 Å². The summed E-state index contributed by atoms with van der Waals surface area (Å²) in [6.45, 7) is 8.96. The number of carbonyl (C=O) groups is 1. The molecule has 6 heteroatoms. The molecule has 2 fully saturated rings. The average molecular weight is 399 g/mol. The van der Waals surface area contributed by atoms with Gasteiger partial charge in [-0.25, -0.2) is 0 Å². The van der Waals surface area contributed by atoms with Crippen LogP contribution in [0.15, 0.2) is 18.2 Å². The molecule has 0 aliphatic carbocycles. The molecule has 0 unspecified atom stereocenters. The highest BCUT2D eigenvalue weighted by Gasteiger charge is 2.49. The van der Waals surface area contributed by atoms with Crippen LogP contribution in [-0.2, 0) is 4.74 Å². The summed E-state index contributed by atoms with van der Waals surface area (Å²) in [6, 6.07) is 5.91. The molecule has 2 aliphatic rings. The quantitative estimate of drug-likeness (QED) is 0.772. The molecule has 1 spiro atoms. The first-order chi connectivity index (χ1) is 13.6. The molecule has 0 radical (unpaired) electrons. The van der Waals surface area contributed by atoms with Gasteiger partial charge in [-0.15, -0.1) is 0 Å². The first-order valence-electron chi connectivity index (χ1n) is 10.3. The normalized spacial score (nSPS) is 26.8. The fraction of sp³-hybridized carbons (Fsp3) is 0.565. The smallest absolute Gasteiger partial charge is 0.254 e. The third-order valence-electron chi connectivity index (χ3n) is 6.77.